The molecule has 0 N–H and O–H groups in total. The summed E-state index contributed by atoms with van der Waals surface area (Å²) >= 11 is 0. The highest BCUT2D eigenvalue weighted by molar-refractivity contribution is 6.23. The second-order valence-corrected chi connectivity index (χ2v) is 9.80. The van der Waals surface area contributed by atoms with Gasteiger partial charge in [-0.3, -0.25) is 4.57 Å². The number of nitrogens with zero attached hydrogens (tertiary/aromatic N) is 3. The highest BCUT2D eigenvalue weighted by Gasteiger charge is 2.22. The molecule has 5 heteroatoms. The van der Waals surface area contributed by atoms with Crippen molar-refractivity contribution in [3.05, 3.63) is 115 Å². The average Bonchev–Trinajstić information content (AvgIpc) is 3.66. The summed E-state index contributed by atoms with van der Waals surface area (Å²) in [5.41, 5.74) is 6.96. The van der Waals surface area contributed by atoms with Crippen LogP contribution in [-0.2, 0) is 0 Å². The molecule has 0 saturated heterocycles. The first-order valence-electron chi connectivity index (χ1n) is 12.9. The van der Waals surface area contributed by atoms with E-state index >= 15 is 0 Å². The van der Waals surface area contributed by atoms with E-state index in [-0.39, 0.29) is 0 Å². The van der Waals surface area contributed by atoms with Gasteiger partial charge in [0.15, 0.2) is 0 Å². The van der Waals surface area contributed by atoms with E-state index in [1.165, 1.54) is 0 Å². The molecule has 182 valence electrons. The molecule has 9 rings (SSSR count). The summed E-state index contributed by atoms with van der Waals surface area (Å²) in [4.78, 5) is 10.2. The number of hydrogen-bond acceptors (Lipinski definition) is 4. The molecule has 0 spiro atoms. The Morgan fingerprint density at radius 1 is 0.487 bits per heavy atom. The molecule has 0 saturated carbocycles. The zero-order valence-corrected chi connectivity index (χ0v) is 20.6. The lowest BCUT2D eigenvalue weighted by Gasteiger charge is -2.09. The molecular formula is C34H19N3O2. The summed E-state index contributed by atoms with van der Waals surface area (Å²) in [6.45, 7) is 0. The van der Waals surface area contributed by atoms with Crippen molar-refractivity contribution >= 4 is 65.8 Å². The largest absolute Gasteiger partial charge is 0.455 e. The second kappa shape index (κ2) is 7.55. The van der Waals surface area contributed by atoms with Crippen molar-refractivity contribution in [3.8, 4) is 17.2 Å². The molecule has 0 aliphatic heterocycles. The molecule has 39 heavy (non-hydrogen) atoms. The molecule has 0 fully saturated rings. The van der Waals surface area contributed by atoms with Crippen LogP contribution in [-0.4, -0.2) is 14.5 Å². The Bertz CT molecular complexity index is 2390. The van der Waals surface area contributed by atoms with E-state index in [1.807, 2.05) is 60.7 Å². The minimum Gasteiger partial charge on any atom is -0.455 e. The third-order valence-electron chi connectivity index (χ3n) is 7.65. The molecule has 5 nitrogen and oxygen atoms in total. The Balaban J connectivity index is 1.45. The molecule has 0 bridgehead atoms. The molecule has 0 aliphatic rings. The van der Waals surface area contributed by atoms with Crippen LogP contribution in [0.15, 0.2) is 124 Å². The third kappa shape index (κ3) is 2.79. The highest BCUT2D eigenvalue weighted by Crippen LogP contribution is 2.41. The summed E-state index contributed by atoms with van der Waals surface area (Å²) in [6, 6.07) is 39.1. The monoisotopic (exact) mass is 501 g/mol. The van der Waals surface area contributed by atoms with Gasteiger partial charge in [0.2, 0.25) is 11.7 Å². The summed E-state index contributed by atoms with van der Waals surface area (Å²) in [6.07, 6.45) is 0. The third-order valence-corrected chi connectivity index (χ3v) is 7.65. The Morgan fingerprint density at radius 3 is 2.03 bits per heavy atom. The van der Waals surface area contributed by atoms with Crippen molar-refractivity contribution in [2.45, 2.75) is 0 Å². The molecule has 9 aromatic rings. The number of rotatable bonds is 2. The first-order valence-corrected chi connectivity index (χ1v) is 12.9. The minimum absolute atomic E-state index is 0.557. The lowest BCUT2D eigenvalue weighted by atomic mass is 10.1. The summed E-state index contributed by atoms with van der Waals surface area (Å²) < 4.78 is 14.9. The molecular weight excluding hydrogens is 482 g/mol. The van der Waals surface area contributed by atoms with Gasteiger partial charge in [-0.2, -0.15) is 4.98 Å². The van der Waals surface area contributed by atoms with E-state index in [4.69, 9.17) is 18.8 Å². The molecule has 0 atom stereocenters. The van der Waals surface area contributed by atoms with Crippen LogP contribution >= 0.6 is 0 Å². The second-order valence-electron chi connectivity index (χ2n) is 9.80. The number of para-hydroxylation sites is 3. The predicted octanol–water partition coefficient (Wildman–Crippen LogP) is 9.04. The average molecular weight is 502 g/mol. The topological polar surface area (TPSA) is 57.0 Å². The van der Waals surface area contributed by atoms with Crippen LogP contribution in [0, 0.1) is 0 Å². The van der Waals surface area contributed by atoms with Gasteiger partial charge in [-0.25, -0.2) is 4.98 Å². The van der Waals surface area contributed by atoms with Crippen LogP contribution in [0.5, 0.6) is 0 Å². The maximum Gasteiger partial charge on any atom is 0.238 e. The van der Waals surface area contributed by atoms with Gasteiger partial charge in [0.1, 0.15) is 16.7 Å². The van der Waals surface area contributed by atoms with Crippen LogP contribution in [0.4, 0.5) is 0 Å². The smallest absolute Gasteiger partial charge is 0.238 e. The van der Waals surface area contributed by atoms with Gasteiger partial charge in [0.25, 0.3) is 0 Å². The Kier molecular flexibility index (Phi) is 3.99. The Morgan fingerprint density at radius 2 is 1.18 bits per heavy atom. The van der Waals surface area contributed by atoms with E-state index in [9.17, 15) is 0 Å². The number of benzene rings is 5. The molecule has 0 amide bonds. The lowest BCUT2D eigenvalue weighted by molar-refractivity contribution is 0.651. The van der Waals surface area contributed by atoms with Gasteiger partial charge in [-0.15, -0.1) is 0 Å². The van der Waals surface area contributed by atoms with Crippen LogP contribution < -0.4 is 0 Å². The molecule has 0 radical (unpaired) electrons. The SMILES string of the molecule is c1ccc(-c2nc(-n3c4ccccc4c4c5oc6ccccc6c5ccc43)nc3oc4ccccc4c23)cc1. The molecule has 5 aromatic carbocycles. The van der Waals surface area contributed by atoms with Crippen LogP contribution in [0.3, 0.4) is 0 Å². The summed E-state index contributed by atoms with van der Waals surface area (Å²) in [5, 5.41) is 6.27. The zero-order chi connectivity index (χ0) is 25.5. The zero-order valence-electron chi connectivity index (χ0n) is 20.6. The fourth-order valence-corrected chi connectivity index (χ4v) is 5.97. The van der Waals surface area contributed by atoms with Gasteiger partial charge in [-0.05, 0) is 30.3 Å². The molecule has 4 aromatic heterocycles. The summed E-state index contributed by atoms with van der Waals surface area (Å²) in [5.74, 6) is 0.557. The van der Waals surface area contributed by atoms with E-state index in [0.717, 1.165) is 71.4 Å². The van der Waals surface area contributed by atoms with Crippen molar-refractivity contribution in [1.82, 2.24) is 14.5 Å². The number of furan rings is 2. The Labute approximate surface area is 221 Å². The van der Waals surface area contributed by atoms with Crippen molar-refractivity contribution in [2.24, 2.45) is 0 Å². The van der Waals surface area contributed by atoms with Crippen molar-refractivity contribution in [2.75, 3.05) is 0 Å². The Hall–Kier alpha value is -5.42. The molecule has 0 unspecified atom stereocenters. The first-order chi connectivity index (χ1) is 19.3. The number of hydrogen-bond donors (Lipinski definition) is 0. The van der Waals surface area contributed by atoms with E-state index in [0.29, 0.717) is 11.7 Å². The predicted molar refractivity (Wildman–Crippen MR) is 156 cm³/mol. The van der Waals surface area contributed by atoms with Crippen molar-refractivity contribution in [1.29, 1.82) is 0 Å². The van der Waals surface area contributed by atoms with Gasteiger partial charge in [0, 0.05) is 27.1 Å². The summed E-state index contributed by atoms with van der Waals surface area (Å²) in [7, 11) is 0. The minimum atomic E-state index is 0.557. The van der Waals surface area contributed by atoms with Gasteiger partial charge in [-0.1, -0.05) is 84.9 Å². The number of fused-ring (bicyclic) bond motifs is 10. The van der Waals surface area contributed by atoms with Gasteiger partial charge < -0.3 is 8.83 Å². The maximum absolute atomic E-state index is 6.45. The van der Waals surface area contributed by atoms with Crippen molar-refractivity contribution < 1.29 is 8.83 Å². The van der Waals surface area contributed by atoms with Crippen LogP contribution in [0.1, 0.15) is 0 Å². The van der Waals surface area contributed by atoms with E-state index in [1.54, 1.807) is 0 Å². The lowest BCUT2D eigenvalue weighted by Crippen LogP contribution is -2.02. The normalized spacial score (nSPS) is 12.1. The highest BCUT2D eigenvalue weighted by atomic mass is 16.3. The van der Waals surface area contributed by atoms with Gasteiger partial charge >= 0.3 is 0 Å². The van der Waals surface area contributed by atoms with E-state index < -0.39 is 0 Å². The molecule has 4 heterocycles. The standard InChI is InChI=1S/C34H19N3O2/c1-2-10-20(11-3-1)31-30-24-14-6-9-17-28(24)39-33(30)36-34(35-31)37-25-15-7-4-13-23(25)29-26(37)19-18-22-21-12-5-8-16-27(21)38-32(22)29/h1-19H. The van der Waals surface area contributed by atoms with Crippen LogP contribution in [0.25, 0.3) is 83.0 Å². The number of aromatic nitrogens is 3. The van der Waals surface area contributed by atoms with Crippen molar-refractivity contribution in [3.63, 3.8) is 0 Å². The maximum atomic E-state index is 6.45. The first kappa shape index (κ1) is 20.6. The van der Waals surface area contributed by atoms with E-state index in [2.05, 4.69) is 59.2 Å². The van der Waals surface area contributed by atoms with Gasteiger partial charge in [0.05, 0.1) is 27.5 Å². The fourth-order valence-electron chi connectivity index (χ4n) is 5.97. The van der Waals surface area contributed by atoms with Crippen LogP contribution in [0.2, 0.25) is 0 Å². The quantitative estimate of drug-likeness (QED) is 0.237. The molecule has 0 aliphatic carbocycles. The fraction of sp³-hybridized carbons (Fsp3) is 0.